The van der Waals surface area contributed by atoms with Crippen LogP contribution in [0.2, 0.25) is 0 Å². The predicted octanol–water partition coefficient (Wildman–Crippen LogP) is -0.134. The van der Waals surface area contributed by atoms with Crippen LogP contribution in [0.5, 0.6) is 5.75 Å². The topological polar surface area (TPSA) is 75.9 Å². The Morgan fingerprint density at radius 2 is 2.05 bits per heavy atom. The number of carbonyl (C=O) groups is 2. The van der Waals surface area contributed by atoms with Gasteiger partial charge < -0.3 is 15.4 Å². The van der Waals surface area contributed by atoms with E-state index in [1.807, 2.05) is 36.2 Å². The van der Waals surface area contributed by atoms with Crippen LogP contribution in [0.4, 0.5) is 0 Å². The van der Waals surface area contributed by atoms with Crippen LogP contribution in [-0.4, -0.2) is 61.4 Å². The number of ether oxygens (including phenoxy) is 1. The molecule has 6 heteroatoms. The number of rotatable bonds is 4. The van der Waals surface area contributed by atoms with Gasteiger partial charge in [-0.05, 0) is 13.1 Å². The number of nitrogens with two attached hydrogens (primary N) is 1. The number of benzene rings is 1. The highest BCUT2D eigenvalue weighted by atomic mass is 16.5. The van der Waals surface area contributed by atoms with Gasteiger partial charge in [0.25, 0.3) is 0 Å². The highest BCUT2D eigenvalue weighted by molar-refractivity contribution is 5.83. The Kier molecular flexibility index (Phi) is 4.80. The average Bonchev–Trinajstić information content (AvgIpc) is 2.47. The molecule has 1 aromatic carbocycles. The van der Waals surface area contributed by atoms with Gasteiger partial charge in [0.1, 0.15) is 11.8 Å². The second-order valence-electron chi connectivity index (χ2n) is 5.23. The fourth-order valence-corrected chi connectivity index (χ4v) is 2.53. The van der Waals surface area contributed by atoms with Gasteiger partial charge in [-0.25, -0.2) is 0 Å². The first-order chi connectivity index (χ1) is 10.0. The Hall–Kier alpha value is -2.08. The molecule has 1 aliphatic heterocycles. The second-order valence-corrected chi connectivity index (χ2v) is 5.23. The van der Waals surface area contributed by atoms with Gasteiger partial charge in [-0.2, -0.15) is 0 Å². The van der Waals surface area contributed by atoms with Crippen LogP contribution in [0.25, 0.3) is 0 Å². The Balaban J connectivity index is 2.05. The van der Waals surface area contributed by atoms with E-state index in [0.717, 1.165) is 5.56 Å². The molecule has 2 rings (SSSR count). The Morgan fingerprint density at radius 1 is 1.33 bits per heavy atom. The maximum Gasteiger partial charge on any atom is 0.236 e. The van der Waals surface area contributed by atoms with Gasteiger partial charge in [0.2, 0.25) is 11.8 Å². The number of para-hydroxylation sites is 1. The number of likely N-dealkylation sites (N-methyl/N-ethyl adjacent to an activating group) is 1. The van der Waals surface area contributed by atoms with Gasteiger partial charge in [-0.1, -0.05) is 18.2 Å². The van der Waals surface area contributed by atoms with Crippen molar-refractivity contribution in [1.29, 1.82) is 0 Å². The molecule has 21 heavy (non-hydrogen) atoms. The van der Waals surface area contributed by atoms with E-state index in [0.29, 0.717) is 25.4 Å². The van der Waals surface area contributed by atoms with Crippen molar-refractivity contribution in [2.24, 2.45) is 5.73 Å². The molecule has 0 saturated carbocycles. The summed E-state index contributed by atoms with van der Waals surface area (Å²) in [6, 6.07) is 7.03. The van der Waals surface area contributed by atoms with Gasteiger partial charge in [0, 0.05) is 25.2 Å². The molecular formula is C15H21N3O3. The van der Waals surface area contributed by atoms with Gasteiger partial charge in [-0.3, -0.25) is 14.5 Å². The van der Waals surface area contributed by atoms with E-state index in [-0.39, 0.29) is 12.3 Å². The monoisotopic (exact) mass is 291 g/mol. The first-order valence-corrected chi connectivity index (χ1v) is 6.92. The van der Waals surface area contributed by atoms with Gasteiger partial charge in [0.05, 0.1) is 13.5 Å². The first kappa shape index (κ1) is 15.3. The summed E-state index contributed by atoms with van der Waals surface area (Å²) in [4.78, 5) is 27.4. The van der Waals surface area contributed by atoms with Gasteiger partial charge in [0.15, 0.2) is 0 Å². The van der Waals surface area contributed by atoms with E-state index in [9.17, 15) is 9.59 Å². The molecule has 1 saturated heterocycles. The highest BCUT2D eigenvalue weighted by Gasteiger charge is 2.30. The molecule has 0 spiro atoms. The lowest BCUT2D eigenvalue weighted by Gasteiger charge is -2.37. The Labute approximate surface area is 124 Å². The number of piperazine rings is 1. The van der Waals surface area contributed by atoms with E-state index in [1.165, 1.54) is 0 Å². The summed E-state index contributed by atoms with van der Waals surface area (Å²) < 4.78 is 5.26. The number of primary amides is 1. The zero-order chi connectivity index (χ0) is 15.4. The number of amides is 2. The number of hydrogen-bond donors (Lipinski definition) is 1. The third-order valence-electron chi connectivity index (χ3n) is 3.86. The van der Waals surface area contributed by atoms with Crippen LogP contribution in [0, 0.1) is 0 Å². The largest absolute Gasteiger partial charge is 0.496 e. The third kappa shape index (κ3) is 3.52. The molecule has 0 bridgehead atoms. The van der Waals surface area contributed by atoms with E-state index >= 15 is 0 Å². The minimum absolute atomic E-state index is 0.0150. The molecule has 0 aromatic heterocycles. The number of nitrogens with zero attached hydrogens (tertiary/aromatic N) is 2. The van der Waals surface area contributed by atoms with Crippen LogP contribution in [0.1, 0.15) is 5.56 Å². The fraction of sp³-hybridized carbons (Fsp3) is 0.467. The molecule has 6 nitrogen and oxygen atoms in total. The summed E-state index contributed by atoms with van der Waals surface area (Å²) in [5.41, 5.74) is 6.23. The first-order valence-electron chi connectivity index (χ1n) is 6.92. The van der Waals surface area contributed by atoms with Crippen LogP contribution < -0.4 is 10.5 Å². The quantitative estimate of drug-likeness (QED) is 0.838. The van der Waals surface area contributed by atoms with E-state index in [4.69, 9.17) is 10.5 Å². The van der Waals surface area contributed by atoms with Gasteiger partial charge in [-0.15, -0.1) is 0 Å². The summed E-state index contributed by atoms with van der Waals surface area (Å²) in [5, 5.41) is 0. The Bertz CT molecular complexity index is 533. The lowest BCUT2D eigenvalue weighted by atomic mass is 10.1. The van der Waals surface area contributed by atoms with Crippen molar-refractivity contribution < 1.29 is 14.3 Å². The number of methoxy groups -OCH3 is 1. The summed E-state index contributed by atoms with van der Waals surface area (Å²) in [6.45, 7) is 1.60. The maximum absolute atomic E-state index is 12.4. The fourth-order valence-electron chi connectivity index (χ4n) is 2.53. The van der Waals surface area contributed by atoms with Crippen LogP contribution >= 0.6 is 0 Å². The van der Waals surface area contributed by atoms with E-state index in [2.05, 4.69) is 0 Å². The predicted molar refractivity (Wildman–Crippen MR) is 78.9 cm³/mol. The summed E-state index contributed by atoms with van der Waals surface area (Å²) in [6.07, 6.45) is 0.263. The van der Waals surface area contributed by atoms with Crippen LogP contribution in [0.3, 0.4) is 0 Å². The Morgan fingerprint density at radius 3 is 2.71 bits per heavy atom. The van der Waals surface area contributed by atoms with Crippen LogP contribution in [-0.2, 0) is 16.0 Å². The van der Waals surface area contributed by atoms with Crippen molar-refractivity contribution in [2.75, 3.05) is 33.8 Å². The summed E-state index contributed by atoms with van der Waals surface area (Å²) in [5.74, 6) is 0.289. The molecule has 1 fully saturated rings. The number of hydrogen-bond acceptors (Lipinski definition) is 4. The molecule has 1 aliphatic rings. The molecule has 1 atom stereocenters. The molecule has 1 heterocycles. The van der Waals surface area contributed by atoms with Gasteiger partial charge >= 0.3 is 0 Å². The van der Waals surface area contributed by atoms with Crippen molar-refractivity contribution in [3.05, 3.63) is 29.8 Å². The average molecular weight is 291 g/mol. The number of carbonyl (C=O) groups excluding carboxylic acids is 2. The summed E-state index contributed by atoms with van der Waals surface area (Å²) in [7, 11) is 3.43. The normalized spacial score (nSPS) is 19.3. The lowest BCUT2D eigenvalue weighted by Crippen LogP contribution is -2.58. The SMILES string of the molecule is COc1ccccc1CC(=O)N1CCN(C)[C@H](C(N)=O)C1. The van der Waals surface area contributed by atoms with Crippen molar-refractivity contribution >= 4 is 11.8 Å². The highest BCUT2D eigenvalue weighted by Crippen LogP contribution is 2.19. The molecule has 0 unspecified atom stereocenters. The second kappa shape index (κ2) is 6.58. The molecule has 2 amide bonds. The molecule has 0 radical (unpaired) electrons. The smallest absolute Gasteiger partial charge is 0.236 e. The van der Waals surface area contributed by atoms with Crippen molar-refractivity contribution in [1.82, 2.24) is 9.80 Å². The van der Waals surface area contributed by atoms with Crippen molar-refractivity contribution in [2.45, 2.75) is 12.5 Å². The molecule has 0 aliphatic carbocycles. The minimum atomic E-state index is -0.416. The van der Waals surface area contributed by atoms with Crippen molar-refractivity contribution in [3.63, 3.8) is 0 Å². The molecular weight excluding hydrogens is 270 g/mol. The lowest BCUT2D eigenvalue weighted by molar-refractivity contribution is -0.136. The molecule has 1 aromatic rings. The zero-order valence-corrected chi connectivity index (χ0v) is 12.4. The zero-order valence-electron chi connectivity index (χ0n) is 12.4. The van der Waals surface area contributed by atoms with E-state index < -0.39 is 11.9 Å². The maximum atomic E-state index is 12.4. The minimum Gasteiger partial charge on any atom is -0.496 e. The van der Waals surface area contributed by atoms with Crippen LogP contribution in [0.15, 0.2) is 24.3 Å². The van der Waals surface area contributed by atoms with Crippen molar-refractivity contribution in [3.8, 4) is 5.75 Å². The summed E-state index contributed by atoms with van der Waals surface area (Å²) >= 11 is 0. The molecule has 2 N–H and O–H groups in total. The molecule has 114 valence electrons. The standard InChI is InChI=1S/C15H21N3O3/c1-17-7-8-18(10-12(17)15(16)20)14(19)9-11-5-3-4-6-13(11)21-2/h3-6,12H,7-10H2,1-2H3,(H2,16,20)/t12-/m0/s1. The van der Waals surface area contributed by atoms with E-state index in [1.54, 1.807) is 12.0 Å². The third-order valence-corrected chi connectivity index (χ3v) is 3.86.